The van der Waals surface area contributed by atoms with E-state index in [2.05, 4.69) is 12.2 Å². The van der Waals surface area contributed by atoms with E-state index in [4.69, 9.17) is 0 Å². The van der Waals surface area contributed by atoms with Crippen LogP contribution in [0.5, 0.6) is 0 Å². The number of carbonyl (C=O) groups excluding carboxylic acids is 1. The van der Waals surface area contributed by atoms with Crippen molar-refractivity contribution in [1.29, 1.82) is 0 Å². The van der Waals surface area contributed by atoms with E-state index in [-0.39, 0.29) is 11.7 Å². The zero-order valence-corrected chi connectivity index (χ0v) is 11.5. The van der Waals surface area contributed by atoms with Crippen LogP contribution in [0, 0.1) is 5.92 Å². The molecule has 0 aromatic rings. The Hall–Kier alpha value is -1.83. The fourth-order valence-electron chi connectivity index (χ4n) is 2.52. The Morgan fingerprint density at radius 1 is 1.26 bits per heavy atom. The first-order valence-electron chi connectivity index (χ1n) is 6.74. The van der Waals surface area contributed by atoms with Gasteiger partial charge < -0.3 is 5.11 Å². The number of rotatable bonds is 5. The number of hydrogen-bond donors (Lipinski definition) is 1. The third-order valence-corrected chi connectivity index (χ3v) is 3.62. The third-order valence-electron chi connectivity index (χ3n) is 3.62. The number of hydrogen-bond acceptors (Lipinski definition) is 2. The molecule has 2 aliphatic carbocycles. The summed E-state index contributed by atoms with van der Waals surface area (Å²) in [5.41, 5.74) is 3.37. The van der Waals surface area contributed by atoms with Crippen molar-refractivity contribution in [3.8, 4) is 0 Å². The van der Waals surface area contributed by atoms with Gasteiger partial charge in [0.2, 0.25) is 0 Å². The molecule has 0 spiro atoms. The number of aliphatic hydroxyl groups excluding tert-OH is 1. The lowest BCUT2D eigenvalue weighted by atomic mass is 9.94. The van der Waals surface area contributed by atoms with Crippen LogP contribution in [-0.4, -0.2) is 10.9 Å². The summed E-state index contributed by atoms with van der Waals surface area (Å²) in [5, 5.41) is 9.39. The molecule has 0 bridgehead atoms. The molecule has 2 aliphatic rings. The van der Waals surface area contributed by atoms with E-state index in [0.717, 1.165) is 24.8 Å². The van der Waals surface area contributed by atoms with Gasteiger partial charge in [-0.3, -0.25) is 4.79 Å². The molecule has 0 aromatic carbocycles. The molecule has 19 heavy (non-hydrogen) atoms. The summed E-state index contributed by atoms with van der Waals surface area (Å²) < 4.78 is 0. The quantitative estimate of drug-likeness (QED) is 0.749. The fourth-order valence-corrected chi connectivity index (χ4v) is 2.52. The van der Waals surface area contributed by atoms with Gasteiger partial charge in [-0.1, -0.05) is 36.0 Å². The molecule has 1 N–H and O–H groups in total. The van der Waals surface area contributed by atoms with Crippen LogP contribution in [0.25, 0.3) is 0 Å². The lowest BCUT2D eigenvalue weighted by Gasteiger charge is -2.10. The van der Waals surface area contributed by atoms with E-state index in [9.17, 15) is 9.90 Å². The molecule has 2 rings (SSSR count). The first kappa shape index (κ1) is 13.6. The Balaban J connectivity index is 1.83. The third kappa shape index (κ3) is 3.34. The lowest BCUT2D eigenvalue weighted by Crippen LogP contribution is -2.08. The predicted molar refractivity (Wildman–Crippen MR) is 77.8 cm³/mol. The molecule has 0 amide bonds. The van der Waals surface area contributed by atoms with Crippen molar-refractivity contribution in [3.05, 3.63) is 58.9 Å². The zero-order valence-electron chi connectivity index (χ0n) is 11.5. The van der Waals surface area contributed by atoms with Gasteiger partial charge in [-0.2, -0.15) is 0 Å². The second-order valence-electron chi connectivity index (χ2n) is 5.16. The molecular formula is C17H20O2. The number of Topliss-reactive ketones (excluding diaryl/α,β-unsaturated/α-hetero) is 1. The molecule has 0 saturated heterocycles. The van der Waals surface area contributed by atoms with Crippen molar-refractivity contribution in [2.45, 2.75) is 33.1 Å². The molecule has 0 saturated carbocycles. The summed E-state index contributed by atoms with van der Waals surface area (Å²) in [5.74, 6) is 0.593. The van der Waals surface area contributed by atoms with Gasteiger partial charge in [0.05, 0.1) is 11.7 Å². The van der Waals surface area contributed by atoms with Crippen molar-refractivity contribution < 1.29 is 9.90 Å². The molecule has 2 nitrogen and oxygen atoms in total. The largest absolute Gasteiger partial charge is 0.512 e. The molecule has 0 heterocycles. The molecule has 1 unspecified atom stereocenters. The van der Waals surface area contributed by atoms with Gasteiger partial charge in [-0.15, -0.1) is 0 Å². The van der Waals surface area contributed by atoms with Crippen LogP contribution >= 0.6 is 0 Å². The minimum Gasteiger partial charge on any atom is -0.512 e. The van der Waals surface area contributed by atoms with Crippen molar-refractivity contribution >= 4 is 5.78 Å². The average molecular weight is 256 g/mol. The van der Waals surface area contributed by atoms with Crippen molar-refractivity contribution in [1.82, 2.24) is 0 Å². The monoisotopic (exact) mass is 256 g/mol. The first-order valence-corrected chi connectivity index (χ1v) is 6.74. The molecule has 2 heteroatoms. The minimum absolute atomic E-state index is 0.00300. The fraction of sp³-hybridized carbons (Fsp3) is 0.353. The first-order chi connectivity index (χ1) is 9.08. The predicted octanol–water partition coefficient (Wildman–Crippen LogP) is 4.19. The van der Waals surface area contributed by atoms with Gasteiger partial charge in [0.15, 0.2) is 0 Å². The van der Waals surface area contributed by atoms with Gasteiger partial charge in [-0.05, 0) is 44.8 Å². The van der Waals surface area contributed by atoms with Crippen molar-refractivity contribution in [2.75, 3.05) is 0 Å². The SMILES string of the molecule is CC(=O)C1C=CC=C1CCCC1=CC(=C(C)O)C=C1. The summed E-state index contributed by atoms with van der Waals surface area (Å²) in [6.07, 6.45) is 15.0. The Bertz CT molecular complexity index is 523. The Labute approximate surface area is 114 Å². The summed E-state index contributed by atoms with van der Waals surface area (Å²) in [7, 11) is 0. The maximum Gasteiger partial charge on any atom is 0.140 e. The highest BCUT2D eigenvalue weighted by molar-refractivity contribution is 5.84. The summed E-state index contributed by atoms with van der Waals surface area (Å²) in [6.45, 7) is 3.35. The normalized spacial score (nSPS) is 23.6. The minimum atomic E-state index is 0.00300. The molecular weight excluding hydrogens is 236 g/mol. The van der Waals surface area contributed by atoms with Crippen molar-refractivity contribution in [2.24, 2.45) is 5.92 Å². The zero-order chi connectivity index (χ0) is 13.8. The van der Waals surface area contributed by atoms with Crippen molar-refractivity contribution in [3.63, 3.8) is 0 Å². The molecule has 1 atom stereocenters. The van der Waals surface area contributed by atoms with Gasteiger partial charge in [0.1, 0.15) is 5.78 Å². The van der Waals surface area contributed by atoms with Crippen LogP contribution in [0.15, 0.2) is 58.9 Å². The van der Waals surface area contributed by atoms with Crippen LogP contribution < -0.4 is 0 Å². The van der Waals surface area contributed by atoms with E-state index < -0.39 is 0 Å². The number of carbonyl (C=O) groups is 1. The number of allylic oxidation sites excluding steroid dienone is 10. The second-order valence-corrected chi connectivity index (χ2v) is 5.16. The highest BCUT2D eigenvalue weighted by atomic mass is 16.3. The van der Waals surface area contributed by atoms with Crippen LogP contribution in [0.2, 0.25) is 0 Å². The number of aliphatic hydroxyl groups is 1. The maximum atomic E-state index is 11.4. The Morgan fingerprint density at radius 3 is 2.68 bits per heavy atom. The van der Waals surface area contributed by atoms with E-state index >= 15 is 0 Å². The van der Waals surface area contributed by atoms with Gasteiger partial charge in [-0.25, -0.2) is 0 Å². The van der Waals surface area contributed by atoms with E-state index in [1.165, 1.54) is 11.1 Å². The van der Waals surface area contributed by atoms with Crippen LogP contribution in [0.1, 0.15) is 33.1 Å². The molecule has 0 fully saturated rings. The number of ketones is 1. The average Bonchev–Trinajstić information content (AvgIpc) is 2.97. The summed E-state index contributed by atoms with van der Waals surface area (Å²) in [4.78, 5) is 11.4. The van der Waals surface area contributed by atoms with Gasteiger partial charge >= 0.3 is 0 Å². The van der Waals surface area contributed by atoms with Crippen LogP contribution in [0.3, 0.4) is 0 Å². The molecule has 0 aliphatic heterocycles. The highest BCUT2D eigenvalue weighted by Crippen LogP contribution is 2.27. The van der Waals surface area contributed by atoms with E-state index in [0.29, 0.717) is 5.76 Å². The smallest absolute Gasteiger partial charge is 0.140 e. The van der Waals surface area contributed by atoms with Crippen LogP contribution in [0.4, 0.5) is 0 Å². The molecule has 100 valence electrons. The van der Waals surface area contributed by atoms with E-state index in [1.807, 2.05) is 24.3 Å². The standard InChI is InChI=1S/C17H20O2/c1-12(18)16-10-9-14(11-16)5-3-6-15-7-4-8-17(15)13(2)19/h4,7-11,17-18H,3,5-6H2,1-2H3. The molecule has 0 aromatic heterocycles. The van der Waals surface area contributed by atoms with Gasteiger partial charge in [0, 0.05) is 5.57 Å². The Morgan fingerprint density at radius 2 is 2.05 bits per heavy atom. The summed E-state index contributed by atoms with van der Waals surface area (Å²) >= 11 is 0. The van der Waals surface area contributed by atoms with Crippen LogP contribution in [-0.2, 0) is 4.79 Å². The Kier molecular flexibility index (Phi) is 4.20. The molecule has 0 radical (unpaired) electrons. The van der Waals surface area contributed by atoms with E-state index in [1.54, 1.807) is 13.8 Å². The van der Waals surface area contributed by atoms with Gasteiger partial charge in [0.25, 0.3) is 0 Å². The maximum absolute atomic E-state index is 11.4. The second kappa shape index (κ2) is 5.87. The summed E-state index contributed by atoms with van der Waals surface area (Å²) in [6, 6.07) is 0. The highest BCUT2D eigenvalue weighted by Gasteiger charge is 2.18. The topological polar surface area (TPSA) is 37.3 Å². The lowest BCUT2D eigenvalue weighted by molar-refractivity contribution is -0.118.